The van der Waals surface area contributed by atoms with Gasteiger partial charge in [0, 0.05) is 5.56 Å². The average Bonchev–Trinajstić information content (AvgIpc) is 3.42. The fourth-order valence-electron chi connectivity index (χ4n) is 3.98. The first-order valence-corrected chi connectivity index (χ1v) is 12.5. The zero-order valence-electron chi connectivity index (χ0n) is 22.2. The average molecular weight is 516 g/mol. The molecule has 0 spiro atoms. The molecule has 3 aromatic rings. The molecular weight excluding hydrogens is 482 g/mol. The zero-order valence-corrected chi connectivity index (χ0v) is 22.2. The summed E-state index contributed by atoms with van der Waals surface area (Å²) < 4.78 is 29.1. The van der Waals surface area contributed by atoms with E-state index in [2.05, 4.69) is 11.6 Å². The third-order valence-electron chi connectivity index (χ3n) is 6.57. The van der Waals surface area contributed by atoms with Crippen LogP contribution in [0.25, 0.3) is 0 Å². The van der Waals surface area contributed by atoms with Gasteiger partial charge in [-0.15, -0.1) is 0 Å². The summed E-state index contributed by atoms with van der Waals surface area (Å²) in [6.07, 6.45) is 1.77. The molecule has 0 bridgehead atoms. The molecular formula is C31H33NO6. The molecule has 0 saturated carbocycles. The first-order chi connectivity index (χ1) is 18.4. The van der Waals surface area contributed by atoms with Crippen molar-refractivity contribution in [3.63, 3.8) is 0 Å². The Hall–Kier alpha value is -4.26. The molecule has 1 aliphatic rings. The Labute approximate surface area is 223 Å². The van der Waals surface area contributed by atoms with E-state index in [1.165, 1.54) is 7.11 Å². The number of benzene rings is 3. The second kappa shape index (κ2) is 11.9. The standard InChI is InChI=1S/C31H33NO6/c1-6-31(3,7-2)38-26-19-23(15-18-25(26)36-20-21-11-9-8-10-12-21)28-27(30(33)35-5)32-29(37-28)22-13-16-24(34-4)17-14-22/h6,8-19,27-28H,1,7,20H2,2-5H3/t27-,28+,31+/m0/s1. The van der Waals surface area contributed by atoms with Gasteiger partial charge in [-0.25, -0.2) is 9.79 Å². The van der Waals surface area contributed by atoms with Gasteiger partial charge < -0.3 is 23.7 Å². The molecule has 38 heavy (non-hydrogen) atoms. The number of aliphatic imine (C=N–C) groups is 1. The van der Waals surface area contributed by atoms with Crippen molar-refractivity contribution in [2.75, 3.05) is 14.2 Å². The van der Waals surface area contributed by atoms with Crippen molar-refractivity contribution in [3.05, 3.63) is 102 Å². The van der Waals surface area contributed by atoms with Crippen molar-refractivity contribution in [1.29, 1.82) is 0 Å². The van der Waals surface area contributed by atoms with Crippen molar-refractivity contribution in [2.45, 2.75) is 44.6 Å². The van der Waals surface area contributed by atoms with Crippen LogP contribution in [0.2, 0.25) is 0 Å². The van der Waals surface area contributed by atoms with Crippen LogP contribution >= 0.6 is 0 Å². The number of rotatable bonds is 11. The first-order valence-electron chi connectivity index (χ1n) is 12.5. The lowest BCUT2D eigenvalue weighted by molar-refractivity contribution is -0.143. The minimum Gasteiger partial charge on any atom is -0.497 e. The number of hydrogen-bond acceptors (Lipinski definition) is 7. The van der Waals surface area contributed by atoms with Gasteiger partial charge >= 0.3 is 5.97 Å². The van der Waals surface area contributed by atoms with Gasteiger partial charge in [0.15, 0.2) is 23.6 Å². The molecule has 0 unspecified atom stereocenters. The van der Waals surface area contributed by atoms with Crippen LogP contribution < -0.4 is 14.2 Å². The van der Waals surface area contributed by atoms with Gasteiger partial charge in [-0.1, -0.05) is 49.9 Å². The highest BCUT2D eigenvalue weighted by molar-refractivity contribution is 5.98. The molecule has 198 valence electrons. The highest BCUT2D eigenvalue weighted by Crippen LogP contribution is 2.39. The lowest BCUT2D eigenvalue weighted by Gasteiger charge is -2.28. The normalized spacial score (nSPS) is 17.9. The summed E-state index contributed by atoms with van der Waals surface area (Å²) in [7, 11) is 2.94. The van der Waals surface area contributed by atoms with E-state index in [0.29, 0.717) is 41.7 Å². The quantitative estimate of drug-likeness (QED) is 0.228. The summed E-state index contributed by atoms with van der Waals surface area (Å²) >= 11 is 0. The summed E-state index contributed by atoms with van der Waals surface area (Å²) in [5.41, 5.74) is 1.85. The third-order valence-corrected chi connectivity index (χ3v) is 6.57. The molecule has 0 amide bonds. The van der Waals surface area contributed by atoms with Crippen molar-refractivity contribution >= 4 is 11.9 Å². The smallest absolute Gasteiger partial charge is 0.335 e. The number of hydrogen-bond donors (Lipinski definition) is 0. The van der Waals surface area contributed by atoms with E-state index in [0.717, 1.165) is 11.1 Å². The van der Waals surface area contributed by atoms with Gasteiger partial charge in [-0.05, 0) is 66.9 Å². The fourth-order valence-corrected chi connectivity index (χ4v) is 3.98. The van der Waals surface area contributed by atoms with Crippen LogP contribution in [0.4, 0.5) is 0 Å². The molecule has 7 heteroatoms. The molecule has 1 aliphatic heterocycles. The molecule has 4 rings (SSSR count). The SMILES string of the molecule is C=C[C@](C)(CC)Oc1cc([C@H]2OC(c3ccc(OC)cc3)=N[C@@H]2C(=O)OC)ccc1OCc1ccccc1. The lowest BCUT2D eigenvalue weighted by atomic mass is 10.0. The Balaban J connectivity index is 1.67. The molecule has 0 saturated heterocycles. The monoisotopic (exact) mass is 515 g/mol. The van der Waals surface area contributed by atoms with Gasteiger partial charge in [0.1, 0.15) is 18.0 Å². The van der Waals surface area contributed by atoms with E-state index in [1.807, 2.05) is 86.6 Å². The maximum Gasteiger partial charge on any atom is 0.335 e. The number of ether oxygens (including phenoxy) is 5. The largest absolute Gasteiger partial charge is 0.497 e. The third kappa shape index (κ3) is 5.99. The number of carbonyl (C=O) groups excluding carboxylic acids is 1. The number of esters is 1. The topological polar surface area (TPSA) is 75.6 Å². The van der Waals surface area contributed by atoms with Crippen LogP contribution in [-0.2, 0) is 20.9 Å². The van der Waals surface area contributed by atoms with Gasteiger partial charge in [0.25, 0.3) is 0 Å². The Bertz CT molecular complexity index is 1290. The van der Waals surface area contributed by atoms with Gasteiger partial charge in [0.05, 0.1) is 14.2 Å². The van der Waals surface area contributed by atoms with Crippen LogP contribution in [-0.4, -0.2) is 37.7 Å². The van der Waals surface area contributed by atoms with E-state index in [1.54, 1.807) is 13.2 Å². The summed E-state index contributed by atoms with van der Waals surface area (Å²) in [5.74, 6) is 1.66. The van der Waals surface area contributed by atoms with Crippen LogP contribution in [0.1, 0.15) is 43.1 Å². The highest BCUT2D eigenvalue weighted by Gasteiger charge is 2.39. The fraction of sp³-hybridized carbons (Fsp3) is 0.290. The molecule has 1 heterocycles. The minimum atomic E-state index is -0.877. The van der Waals surface area contributed by atoms with Gasteiger partial charge in [0.2, 0.25) is 5.90 Å². The van der Waals surface area contributed by atoms with E-state index in [-0.39, 0.29) is 0 Å². The van der Waals surface area contributed by atoms with E-state index in [4.69, 9.17) is 23.7 Å². The second-order valence-corrected chi connectivity index (χ2v) is 9.12. The van der Waals surface area contributed by atoms with Crippen molar-refractivity contribution < 1.29 is 28.5 Å². The van der Waals surface area contributed by atoms with Crippen LogP contribution in [0.5, 0.6) is 17.2 Å². The van der Waals surface area contributed by atoms with Crippen LogP contribution in [0.3, 0.4) is 0 Å². The minimum absolute atomic E-state index is 0.351. The molecule has 0 aliphatic carbocycles. The Morgan fingerprint density at radius 3 is 2.42 bits per heavy atom. The first kappa shape index (κ1) is 26.8. The number of methoxy groups -OCH3 is 2. The maximum atomic E-state index is 12.7. The maximum absolute atomic E-state index is 12.7. The Kier molecular flexibility index (Phi) is 8.36. The van der Waals surface area contributed by atoms with Gasteiger partial charge in [-0.2, -0.15) is 0 Å². The Morgan fingerprint density at radius 1 is 1.05 bits per heavy atom. The predicted molar refractivity (Wildman–Crippen MR) is 146 cm³/mol. The molecule has 0 radical (unpaired) electrons. The van der Waals surface area contributed by atoms with Crippen molar-refractivity contribution in [1.82, 2.24) is 0 Å². The lowest BCUT2D eigenvalue weighted by Crippen LogP contribution is -2.29. The predicted octanol–water partition coefficient (Wildman–Crippen LogP) is 6.07. The molecule has 0 aromatic heterocycles. The summed E-state index contributed by atoms with van der Waals surface area (Å²) in [6.45, 7) is 8.31. The van der Waals surface area contributed by atoms with Gasteiger partial charge in [-0.3, -0.25) is 0 Å². The summed E-state index contributed by atoms with van der Waals surface area (Å²) in [4.78, 5) is 17.3. The Morgan fingerprint density at radius 2 is 1.79 bits per heavy atom. The van der Waals surface area contributed by atoms with Crippen LogP contribution in [0.15, 0.2) is 90.4 Å². The highest BCUT2D eigenvalue weighted by atomic mass is 16.5. The molecule has 3 aromatic carbocycles. The molecule has 0 fully saturated rings. The van der Waals surface area contributed by atoms with E-state index in [9.17, 15) is 4.79 Å². The van der Waals surface area contributed by atoms with Crippen molar-refractivity contribution in [3.8, 4) is 17.2 Å². The number of nitrogens with zero attached hydrogens (tertiary/aromatic N) is 1. The summed E-state index contributed by atoms with van der Waals surface area (Å²) in [6, 6.07) is 21.8. The number of carbonyl (C=O) groups is 1. The second-order valence-electron chi connectivity index (χ2n) is 9.12. The molecule has 7 nitrogen and oxygen atoms in total. The van der Waals surface area contributed by atoms with E-state index < -0.39 is 23.7 Å². The van der Waals surface area contributed by atoms with E-state index >= 15 is 0 Å². The van der Waals surface area contributed by atoms with Crippen LogP contribution in [0, 0.1) is 0 Å². The van der Waals surface area contributed by atoms with Crippen molar-refractivity contribution in [2.24, 2.45) is 4.99 Å². The summed E-state index contributed by atoms with van der Waals surface area (Å²) in [5, 5.41) is 0. The molecule has 3 atom stereocenters. The zero-order chi connectivity index (χ0) is 27.1. The molecule has 0 N–H and O–H groups in total.